The fourth-order valence-corrected chi connectivity index (χ4v) is 10.6. The molecule has 230 valence electrons. The molecule has 0 bridgehead atoms. The Kier molecular flexibility index (Phi) is 7.76. The molecule has 8 nitrogen and oxygen atoms in total. The van der Waals surface area contributed by atoms with E-state index < -0.39 is 6.04 Å². The predicted molar refractivity (Wildman–Crippen MR) is 159 cm³/mol. The Morgan fingerprint density at radius 1 is 1.15 bits per heavy atom. The first kappa shape index (κ1) is 29.4. The summed E-state index contributed by atoms with van der Waals surface area (Å²) in [7, 11) is 0. The van der Waals surface area contributed by atoms with Crippen LogP contribution in [0.5, 0.6) is 0 Å². The van der Waals surface area contributed by atoms with Crippen LogP contribution in [0.15, 0.2) is 16.6 Å². The highest BCUT2D eigenvalue weighted by Crippen LogP contribution is 2.70. The number of rotatable bonds is 6. The Hall–Kier alpha value is -1.64. The number of nitrogens with zero attached hydrogens (tertiary/aromatic N) is 1. The summed E-state index contributed by atoms with van der Waals surface area (Å²) in [6, 6.07) is -0.633. The Morgan fingerprint density at radius 3 is 2.68 bits per heavy atom. The third kappa shape index (κ3) is 4.94. The third-order valence-electron chi connectivity index (χ3n) is 12.9. The van der Waals surface area contributed by atoms with E-state index in [1.165, 1.54) is 31.3 Å². The van der Waals surface area contributed by atoms with Gasteiger partial charge in [0.05, 0.1) is 12.7 Å². The molecule has 6 aliphatic rings. The van der Waals surface area contributed by atoms with Crippen molar-refractivity contribution in [2.75, 3.05) is 13.2 Å². The van der Waals surface area contributed by atoms with Crippen molar-refractivity contribution < 1.29 is 19.0 Å². The molecule has 41 heavy (non-hydrogen) atoms. The van der Waals surface area contributed by atoms with Crippen LogP contribution in [-0.2, 0) is 19.0 Å². The minimum atomic E-state index is -0.633. The highest BCUT2D eigenvalue weighted by Gasteiger charge is 2.68. The van der Waals surface area contributed by atoms with Crippen LogP contribution in [-0.4, -0.2) is 49.1 Å². The third-order valence-corrected chi connectivity index (χ3v) is 12.9. The number of carbonyl (C=O) groups excluding carboxylic acids is 1. The average Bonchev–Trinajstić information content (AvgIpc) is 3.38. The highest BCUT2D eigenvalue weighted by molar-refractivity contribution is 5.76. The van der Waals surface area contributed by atoms with Gasteiger partial charge in [-0.1, -0.05) is 39.3 Å². The predicted octanol–water partition coefficient (Wildman–Crippen LogP) is 4.65. The maximum atomic E-state index is 12.7. The number of ether oxygens (including phenoxy) is 3. The topological polar surface area (TPSA) is 135 Å². The molecule has 8 heteroatoms. The second-order valence-corrected chi connectivity index (χ2v) is 15.1. The van der Waals surface area contributed by atoms with E-state index in [-0.39, 0.29) is 29.2 Å². The molecule has 2 saturated heterocycles. The lowest BCUT2D eigenvalue weighted by Gasteiger charge is -2.58. The lowest BCUT2D eigenvalue weighted by Crippen LogP contribution is -2.52. The first-order valence-corrected chi connectivity index (χ1v) is 16.5. The van der Waals surface area contributed by atoms with Gasteiger partial charge in [-0.25, -0.2) is 0 Å². The zero-order valence-electron chi connectivity index (χ0n) is 25.8. The molecule has 6 N–H and O–H groups in total. The van der Waals surface area contributed by atoms with Crippen LogP contribution in [0.3, 0.4) is 0 Å². The molecule has 0 aromatic carbocycles. The van der Waals surface area contributed by atoms with Crippen LogP contribution in [0.2, 0.25) is 0 Å². The number of fused-ring (bicyclic) bond motifs is 7. The van der Waals surface area contributed by atoms with Crippen LogP contribution in [0.4, 0.5) is 0 Å². The van der Waals surface area contributed by atoms with E-state index in [1.807, 2.05) is 0 Å². The van der Waals surface area contributed by atoms with Gasteiger partial charge in [-0.3, -0.25) is 9.79 Å². The first-order valence-electron chi connectivity index (χ1n) is 16.5. The van der Waals surface area contributed by atoms with E-state index in [2.05, 4.69) is 38.8 Å². The standard InChI is InChI=1S/C33H54N4O4/c1-19-9-14-33(39-18-19)20(2)28-27(41-33)17-25-23-8-7-21-16-22(40-29(38)26(34)6-5-15-37-30(35)36)10-12-31(21,3)24(23)11-13-32(25,28)4/h7,19-20,22-28H,5-6,8-18,34H2,1-4H3,(H4,35,36,37)/t19-,20-,22-,23+,24-,25-,26?,27-,28-,31-,32-,33+/m0/s1. The summed E-state index contributed by atoms with van der Waals surface area (Å²) in [4.78, 5) is 16.7. The summed E-state index contributed by atoms with van der Waals surface area (Å²) in [5.74, 6) is 3.23. The van der Waals surface area contributed by atoms with Gasteiger partial charge in [0.25, 0.3) is 0 Å². The largest absolute Gasteiger partial charge is 0.461 e. The van der Waals surface area contributed by atoms with E-state index in [9.17, 15) is 4.79 Å². The number of nitrogens with two attached hydrogens (primary N) is 3. The number of hydrogen-bond acceptors (Lipinski definition) is 6. The minimum absolute atomic E-state index is 0.0628. The summed E-state index contributed by atoms with van der Waals surface area (Å²) in [5, 5.41) is 0. The highest BCUT2D eigenvalue weighted by atomic mass is 16.7. The summed E-state index contributed by atoms with van der Waals surface area (Å²) in [6.45, 7) is 11.1. The van der Waals surface area contributed by atoms with Gasteiger partial charge in [0.2, 0.25) is 0 Å². The van der Waals surface area contributed by atoms with Gasteiger partial charge >= 0.3 is 5.97 Å². The summed E-state index contributed by atoms with van der Waals surface area (Å²) in [5.41, 5.74) is 18.9. The van der Waals surface area contributed by atoms with Gasteiger partial charge in [-0.15, -0.1) is 0 Å². The molecule has 0 aromatic rings. The number of allylic oxidation sites excluding steroid dienone is 1. The smallest absolute Gasteiger partial charge is 0.323 e. The van der Waals surface area contributed by atoms with Crippen LogP contribution in [0.25, 0.3) is 0 Å². The summed E-state index contributed by atoms with van der Waals surface area (Å²) < 4.78 is 19.4. The van der Waals surface area contributed by atoms with Crippen molar-refractivity contribution >= 4 is 11.9 Å². The maximum absolute atomic E-state index is 12.7. The molecule has 0 radical (unpaired) electrons. The van der Waals surface area contributed by atoms with Gasteiger partial charge < -0.3 is 31.4 Å². The summed E-state index contributed by atoms with van der Waals surface area (Å²) in [6.07, 6.45) is 14.0. The Balaban J connectivity index is 1.10. The summed E-state index contributed by atoms with van der Waals surface area (Å²) >= 11 is 0. The van der Waals surface area contributed by atoms with Crippen molar-refractivity contribution in [2.24, 2.45) is 68.5 Å². The van der Waals surface area contributed by atoms with Crippen LogP contribution < -0.4 is 17.2 Å². The normalized spacial score (nSPS) is 47.4. The zero-order valence-corrected chi connectivity index (χ0v) is 25.8. The van der Waals surface area contributed by atoms with Gasteiger partial charge in [0.1, 0.15) is 12.1 Å². The van der Waals surface area contributed by atoms with Gasteiger partial charge in [-0.05, 0) is 98.2 Å². The molecule has 1 spiro atoms. The van der Waals surface area contributed by atoms with Crippen molar-refractivity contribution in [1.29, 1.82) is 0 Å². The first-order chi connectivity index (χ1) is 19.5. The van der Waals surface area contributed by atoms with E-state index in [4.69, 9.17) is 31.4 Å². The van der Waals surface area contributed by atoms with Crippen molar-refractivity contribution in [3.05, 3.63) is 11.6 Å². The Bertz CT molecular complexity index is 1070. The average molecular weight is 571 g/mol. The number of guanidine groups is 1. The van der Waals surface area contributed by atoms with E-state index in [0.717, 1.165) is 38.7 Å². The second-order valence-electron chi connectivity index (χ2n) is 15.1. The monoisotopic (exact) mass is 570 g/mol. The quantitative estimate of drug-likeness (QED) is 0.139. The lowest BCUT2D eigenvalue weighted by molar-refractivity contribution is -0.272. The van der Waals surface area contributed by atoms with Gasteiger partial charge in [0.15, 0.2) is 11.7 Å². The maximum Gasteiger partial charge on any atom is 0.323 e. The zero-order chi connectivity index (χ0) is 29.2. The number of aliphatic imine (C=N–C) groups is 1. The van der Waals surface area contributed by atoms with Crippen molar-refractivity contribution in [3.63, 3.8) is 0 Å². The Labute approximate surface area is 246 Å². The Morgan fingerprint density at radius 2 is 1.95 bits per heavy atom. The molecule has 3 saturated carbocycles. The van der Waals surface area contributed by atoms with Gasteiger partial charge in [-0.2, -0.15) is 0 Å². The lowest BCUT2D eigenvalue weighted by atomic mass is 9.47. The molecule has 6 rings (SSSR count). The number of esters is 1. The fraction of sp³-hybridized carbons (Fsp3) is 0.879. The molecule has 12 atom stereocenters. The molecule has 2 aliphatic heterocycles. The van der Waals surface area contributed by atoms with E-state index in [0.29, 0.717) is 66.4 Å². The molecule has 1 unspecified atom stereocenters. The minimum Gasteiger partial charge on any atom is -0.461 e. The van der Waals surface area contributed by atoms with Crippen molar-refractivity contribution in [3.8, 4) is 0 Å². The molecule has 0 amide bonds. The molecular formula is C33H54N4O4. The van der Waals surface area contributed by atoms with Gasteiger partial charge in [0, 0.05) is 25.3 Å². The molecule has 4 aliphatic carbocycles. The molecule has 5 fully saturated rings. The van der Waals surface area contributed by atoms with E-state index >= 15 is 0 Å². The SMILES string of the molecule is C[C@H]1CC[C@@]2(OC1)O[C@H]1C[C@H]3[C@@H]4CC=C5C[C@@H](OC(=O)C(N)CCCN=C(N)N)CC[C@]5(C)[C@H]4CC[C@]3(C)[C@H]1[C@@H]2C. The van der Waals surface area contributed by atoms with Crippen molar-refractivity contribution in [2.45, 2.75) is 122 Å². The van der Waals surface area contributed by atoms with Crippen molar-refractivity contribution in [1.82, 2.24) is 0 Å². The fourth-order valence-electron chi connectivity index (χ4n) is 10.6. The number of hydrogen-bond donors (Lipinski definition) is 3. The van der Waals surface area contributed by atoms with E-state index in [1.54, 1.807) is 0 Å². The molecule has 2 heterocycles. The molecule has 0 aromatic heterocycles. The van der Waals surface area contributed by atoms with Crippen LogP contribution in [0, 0.1) is 46.3 Å². The second kappa shape index (κ2) is 10.8. The van der Waals surface area contributed by atoms with Crippen LogP contribution in [0.1, 0.15) is 98.3 Å². The van der Waals surface area contributed by atoms with Crippen LogP contribution >= 0.6 is 0 Å². The number of carbonyl (C=O) groups is 1. The molecular weight excluding hydrogens is 516 g/mol.